The van der Waals surface area contributed by atoms with Crippen molar-refractivity contribution >= 4 is 23.0 Å². The van der Waals surface area contributed by atoms with Crippen LogP contribution in [0.1, 0.15) is 5.56 Å². The van der Waals surface area contributed by atoms with E-state index in [1.54, 1.807) is 0 Å². The van der Waals surface area contributed by atoms with Crippen molar-refractivity contribution in [2.45, 2.75) is 6.18 Å². The molecule has 0 bridgehead atoms. The summed E-state index contributed by atoms with van der Waals surface area (Å²) in [4.78, 5) is 22.0. The summed E-state index contributed by atoms with van der Waals surface area (Å²) in [5.74, 6) is -0.623. The Hall–Kier alpha value is -3.10. The number of nitrogens with zero attached hydrogens (tertiary/aromatic N) is 1. The molecule has 6 nitrogen and oxygen atoms in total. The number of nitro benzene ring substituents is 1. The predicted molar refractivity (Wildman–Crippen MR) is 81.7 cm³/mol. The summed E-state index contributed by atoms with van der Waals surface area (Å²) in [5.41, 5.74) is -0.989. The number of carbonyl (C=O) groups is 1. The molecule has 0 aliphatic heterocycles. The molecule has 0 aliphatic carbocycles. The number of hydrogen-bond acceptors (Lipinski definition) is 4. The molecule has 9 heteroatoms. The van der Waals surface area contributed by atoms with Gasteiger partial charge in [0.05, 0.1) is 17.0 Å². The van der Waals surface area contributed by atoms with Crippen LogP contribution in [0.4, 0.5) is 30.2 Å². The summed E-state index contributed by atoms with van der Waals surface area (Å²) in [6, 6.07) is 9.95. The molecular weight excluding hydrogens is 327 g/mol. The highest BCUT2D eigenvalue weighted by Crippen LogP contribution is 2.30. The van der Waals surface area contributed by atoms with E-state index in [0.717, 1.165) is 12.1 Å². The van der Waals surface area contributed by atoms with Crippen molar-refractivity contribution in [1.29, 1.82) is 0 Å². The maximum atomic E-state index is 12.6. The van der Waals surface area contributed by atoms with Crippen LogP contribution in [0.5, 0.6) is 0 Å². The number of rotatable bonds is 5. The Balaban J connectivity index is 2.01. The van der Waals surface area contributed by atoms with Crippen LogP contribution in [-0.4, -0.2) is 17.4 Å². The van der Waals surface area contributed by atoms with Gasteiger partial charge in [0.15, 0.2) is 0 Å². The van der Waals surface area contributed by atoms with Gasteiger partial charge < -0.3 is 10.6 Å². The first-order valence-corrected chi connectivity index (χ1v) is 6.72. The van der Waals surface area contributed by atoms with Crippen molar-refractivity contribution in [3.63, 3.8) is 0 Å². The molecule has 0 aliphatic rings. The Bertz CT molecular complexity index is 763. The van der Waals surface area contributed by atoms with Crippen molar-refractivity contribution in [3.8, 4) is 0 Å². The van der Waals surface area contributed by atoms with E-state index in [2.05, 4.69) is 10.6 Å². The second kappa shape index (κ2) is 6.99. The molecule has 1 amide bonds. The molecule has 0 saturated carbocycles. The molecule has 0 saturated heterocycles. The van der Waals surface area contributed by atoms with E-state index in [0.29, 0.717) is 0 Å². The molecule has 0 heterocycles. The molecule has 0 fully saturated rings. The average molecular weight is 339 g/mol. The molecule has 2 aromatic carbocycles. The van der Waals surface area contributed by atoms with Gasteiger partial charge in [0, 0.05) is 11.8 Å². The first kappa shape index (κ1) is 17.3. The van der Waals surface area contributed by atoms with Gasteiger partial charge in [-0.15, -0.1) is 0 Å². The minimum absolute atomic E-state index is 0.0124. The zero-order valence-electron chi connectivity index (χ0n) is 12.1. The molecule has 2 rings (SSSR count). The minimum Gasteiger partial charge on any atom is -0.376 e. The number of amides is 1. The number of carbonyl (C=O) groups excluding carboxylic acids is 1. The standard InChI is InChI=1S/C15H12F3N3O3/c16-15(17,18)10-4-3-5-11(8-10)19-9-14(22)20-12-6-1-2-7-13(12)21(23)24/h1-8,19H,9H2,(H,20,22). The van der Waals surface area contributed by atoms with E-state index in [1.807, 2.05) is 0 Å². The van der Waals surface area contributed by atoms with Crippen molar-refractivity contribution in [1.82, 2.24) is 0 Å². The van der Waals surface area contributed by atoms with Gasteiger partial charge in [-0.05, 0) is 24.3 Å². The van der Waals surface area contributed by atoms with E-state index in [9.17, 15) is 28.1 Å². The molecule has 126 valence electrons. The van der Waals surface area contributed by atoms with Gasteiger partial charge >= 0.3 is 6.18 Å². The van der Waals surface area contributed by atoms with Crippen molar-refractivity contribution in [2.75, 3.05) is 17.2 Å². The third-order valence-corrected chi connectivity index (χ3v) is 3.02. The summed E-state index contributed by atoms with van der Waals surface area (Å²) in [6.45, 7) is -0.340. The van der Waals surface area contributed by atoms with Gasteiger partial charge in [0.1, 0.15) is 5.69 Å². The minimum atomic E-state index is -4.48. The summed E-state index contributed by atoms with van der Waals surface area (Å²) in [7, 11) is 0. The van der Waals surface area contributed by atoms with Gasteiger partial charge in [-0.3, -0.25) is 14.9 Å². The van der Waals surface area contributed by atoms with Crippen LogP contribution < -0.4 is 10.6 Å². The maximum absolute atomic E-state index is 12.6. The first-order valence-electron chi connectivity index (χ1n) is 6.72. The SMILES string of the molecule is O=C(CNc1cccc(C(F)(F)F)c1)Nc1ccccc1[N+](=O)[O-]. The van der Waals surface area contributed by atoms with E-state index in [-0.39, 0.29) is 23.6 Å². The van der Waals surface area contributed by atoms with Crippen LogP contribution in [0.25, 0.3) is 0 Å². The number of nitro groups is 1. The molecule has 0 atom stereocenters. The Labute approximate surface area is 134 Å². The lowest BCUT2D eigenvalue weighted by molar-refractivity contribution is -0.383. The lowest BCUT2D eigenvalue weighted by Gasteiger charge is -2.11. The van der Waals surface area contributed by atoms with E-state index in [4.69, 9.17) is 0 Å². The Morgan fingerprint density at radius 1 is 1.12 bits per heavy atom. The van der Waals surface area contributed by atoms with Gasteiger partial charge in [0.25, 0.3) is 5.69 Å². The van der Waals surface area contributed by atoms with E-state index >= 15 is 0 Å². The van der Waals surface area contributed by atoms with Gasteiger partial charge in [-0.2, -0.15) is 13.2 Å². The van der Waals surface area contributed by atoms with Crippen molar-refractivity contribution in [3.05, 3.63) is 64.2 Å². The summed E-state index contributed by atoms with van der Waals surface area (Å²) >= 11 is 0. The number of anilines is 2. The highest BCUT2D eigenvalue weighted by atomic mass is 19.4. The maximum Gasteiger partial charge on any atom is 0.416 e. The number of hydrogen-bond donors (Lipinski definition) is 2. The van der Waals surface area contributed by atoms with Gasteiger partial charge in [-0.25, -0.2) is 0 Å². The van der Waals surface area contributed by atoms with E-state index < -0.39 is 22.6 Å². The molecule has 0 aromatic heterocycles. The van der Waals surface area contributed by atoms with Crippen LogP contribution in [0.15, 0.2) is 48.5 Å². The number of halogens is 3. The number of alkyl halides is 3. The average Bonchev–Trinajstić information content (AvgIpc) is 2.53. The van der Waals surface area contributed by atoms with Crippen LogP contribution in [0.2, 0.25) is 0 Å². The van der Waals surface area contributed by atoms with Crippen LogP contribution in [-0.2, 0) is 11.0 Å². The smallest absolute Gasteiger partial charge is 0.376 e. The second-order valence-corrected chi connectivity index (χ2v) is 4.75. The zero-order valence-corrected chi connectivity index (χ0v) is 12.1. The zero-order chi connectivity index (χ0) is 17.7. The van der Waals surface area contributed by atoms with Gasteiger partial charge in [-0.1, -0.05) is 18.2 Å². The third kappa shape index (κ3) is 4.45. The molecule has 0 spiro atoms. The quantitative estimate of drug-likeness (QED) is 0.643. The second-order valence-electron chi connectivity index (χ2n) is 4.75. The molecular formula is C15H12F3N3O3. The van der Waals surface area contributed by atoms with Crippen molar-refractivity contribution < 1.29 is 22.9 Å². The fourth-order valence-electron chi connectivity index (χ4n) is 1.92. The number of nitrogens with one attached hydrogen (secondary N) is 2. The Kier molecular flexibility index (Phi) is 5.02. The van der Waals surface area contributed by atoms with Crippen LogP contribution in [0.3, 0.4) is 0 Å². The lowest BCUT2D eigenvalue weighted by Crippen LogP contribution is -2.22. The monoisotopic (exact) mass is 339 g/mol. The highest BCUT2D eigenvalue weighted by molar-refractivity contribution is 5.95. The Morgan fingerprint density at radius 3 is 2.50 bits per heavy atom. The highest BCUT2D eigenvalue weighted by Gasteiger charge is 2.30. The number of benzene rings is 2. The van der Waals surface area contributed by atoms with E-state index in [1.165, 1.54) is 36.4 Å². The lowest BCUT2D eigenvalue weighted by atomic mass is 10.2. The van der Waals surface area contributed by atoms with Gasteiger partial charge in [0.2, 0.25) is 5.91 Å². The summed E-state index contributed by atoms with van der Waals surface area (Å²) in [6.07, 6.45) is -4.48. The summed E-state index contributed by atoms with van der Waals surface area (Å²) < 4.78 is 37.8. The summed E-state index contributed by atoms with van der Waals surface area (Å²) in [5, 5.41) is 15.7. The molecule has 24 heavy (non-hydrogen) atoms. The predicted octanol–water partition coefficient (Wildman–Crippen LogP) is 3.66. The first-order chi connectivity index (χ1) is 11.3. The third-order valence-electron chi connectivity index (χ3n) is 3.02. The Morgan fingerprint density at radius 2 is 1.83 bits per heavy atom. The number of para-hydroxylation sites is 2. The van der Waals surface area contributed by atoms with Crippen LogP contribution in [0, 0.1) is 10.1 Å². The normalized spacial score (nSPS) is 11.0. The van der Waals surface area contributed by atoms with Crippen LogP contribution >= 0.6 is 0 Å². The fraction of sp³-hybridized carbons (Fsp3) is 0.133. The topological polar surface area (TPSA) is 84.3 Å². The molecule has 0 radical (unpaired) electrons. The largest absolute Gasteiger partial charge is 0.416 e. The molecule has 2 N–H and O–H groups in total. The molecule has 2 aromatic rings. The molecule has 0 unspecified atom stereocenters. The van der Waals surface area contributed by atoms with Crippen molar-refractivity contribution in [2.24, 2.45) is 0 Å². The fourth-order valence-corrected chi connectivity index (χ4v) is 1.92.